The highest BCUT2D eigenvalue weighted by molar-refractivity contribution is 6.23. The molecule has 4 fully saturated rings. The number of alkyl halides is 2. The maximum Gasteiger partial charge on any atom is 0.332 e. The lowest BCUT2D eigenvalue weighted by Crippen LogP contribution is -2.61. The van der Waals surface area contributed by atoms with Crippen LogP contribution in [-0.4, -0.2) is 68.8 Å². The fourth-order valence-electron chi connectivity index (χ4n) is 8.05. The molecule has 2 bridgehead atoms. The number of carbonyl (C=O) groups is 3. The van der Waals surface area contributed by atoms with Crippen molar-refractivity contribution in [2.24, 2.45) is 5.92 Å². The van der Waals surface area contributed by atoms with Gasteiger partial charge in [-0.25, -0.2) is 18.5 Å². The zero-order chi connectivity index (χ0) is 30.4. The van der Waals surface area contributed by atoms with E-state index in [-0.39, 0.29) is 92.5 Å². The van der Waals surface area contributed by atoms with Gasteiger partial charge in [-0.2, -0.15) is 0 Å². The Morgan fingerprint density at radius 2 is 1.56 bits per heavy atom. The van der Waals surface area contributed by atoms with E-state index in [0.29, 0.717) is 24.9 Å². The number of amides is 4. The van der Waals surface area contributed by atoms with Gasteiger partial charge in [0.15, 0.2) is 0 Å². The normalized spacial score (nSPS) is 27.0. The molecule has 0 radical (unpaired) electrons. The van der Waals surface area contributed by atoms with Crippen molar-refractivity contribution < 1.29 is 23.2 Å². The highest BCUT2D eigenvalue weighted by atomic mass is 35.5. The number of aromatic nitrogens is 1. The fourth-order valence-corrected chi connectivity index (χ4v) is 8.05. The van der Waals surface area contributed by atoms with Gasteiger partial charge >= 0.3 is 6.03 Å². The van der Waals surface area contributed by atoms with E-state index in [1.807, 2.05) is 44.2 Å². The minimum atomic E-state index is -2.67. The van der Waals surface area contributed by atoms with Gasteiger partial charge in [-0.15, -0.1) is 24.8 Å². The molecular formula is C33H43Cl2F2N5O3. The van der Waals surface area contributed by atoms with E-state index >= 15 is 0 Å². The molecule has 1 aromatic heterocycles. The number of nitrogens with one attached hydrogen (secondary N) is 1. The zero-order valence-electron chi connectivity index (χ0n) is 25.7. The van der Waals surface area contributed by atoms with E-state index in [1.54, 1.807) is 29.4 Å². The highest BCUT2D eigenvalue weighted by Crippen LogP contribution is 2.49. The fraction of sp³-hybridized carbons (Fsp3) is 0.576. The van der Waals surface area contributed by atoms with Crippen LogP contribution in [0.4, 0.5) is 19.3 Å². The van der Waals surface area contributed by atoms with Gasteiger partial charge in [0.05, 0.1) is 11.7 Å². The van der Waals surface area contributed by atoms with Gasteiger partial charge in [-0.05, 0) is 76.5 Å². The summed E-state index contributed by atoms with van der Waals surface area (Å²) in [6.45, 7) is 4.67. The van der Waals surface area contributed by atoms with Crippen molar-refractivity contribution in [2.45, 2.75) is 107 Å². The van der Waals surface area contributed by atoms with E-state index in [4.69, 9.17) is 0 Å². The molecule has 12 heteroatoms. The molecule has 1 N–H and O–H groups in total. The van der Waals surface area contributed by atoms with Gasteiger partial charge in [0.2, 0.25) is 11.8 Å². The Kier molecular flexibility index (Phi) is 10.8. The Bertz CT molecular complexity index is 1330. The molecule has 4 aliphatic rings. The first-order valence-corrected chi connectivity index (χ1v) is 15.7. The van der Waals surface area contributed by atoms with E-state index in [1.165, 1.54) is 4.90 Å². The number of hydrogen-bond acceptors (Lipinski definition) is 5. The average molecular weight is 667 g/mol. The summed E-state index contributed by atoms with van der Waals surface area (Å²) in [5.74, 6) is -3.37. The number of carbonyl (C=O) groups excluding carboxylic acids is 3. The summed E-state index contributed by atoms with van der Waals surface area (Å²) >= 11 is 0. The van der Waals surface area contributed by atoms with Gasteiger partial charge in [-0.1, -0.05) is 30.3 Å². The van der Waals surface area contributed by atoms with Crippen LogP contribution in [0.5, 0.6) is 0 Å². The quantitative estimate of drug-likeness (QED) is 0.324. The van der Waals surface area contributed by atoms with E-state index < -0.39 is 17.4 Å². The summed E-state index contributed by atoms with van der Waals surface area (Å²) in [6, 6.07) is 12.9. The Morgan fingerprint density at radius 3 is 2.13 bits per heavy atom. The lowest BCUT2D eigenvalue weighted by atomic mass is 9.80. The standard InChI is InChI=1S/C33H41F2N5O3.2ClH/c1-22(2)40-31(43)39(25-12-17-36-18-13-25)30(42)32(40)20-26-8-9-27(21-32)38(26)19-14-28(23-6-4-3-5-7-23)37-29(41)24-10-15-33(34,35)16-11-24;;/h3-7,12-13,17-18,22,24,26-28H,8-11,14-16,19-21H2,1-2H3,(H,37,41);2*1H/t26?,27?,28-,32?;;/m0../s1. The summed E-state index contributed by atoms with van der Waals surface area (Å²) in [4.78, 5) is 50.7. The number of rotatable bonds is 8. The minimum absolute atomic E-state index is 0. The third-order valence-electron chi connectivity index (χ3n) is 10.1. The number of pyridine rings is 1. The first-order valence-electron chi connectivity index (χ1n) is 15.7. The number of anilines is 1. The molecule has 4 amide bonds. The topological polar surface area (TPSA) is 85.8 Å². The molecule has 3 atom stereocenters. The van der Waals surface area contributed by atoms with Gasteiger partial charge < -0.3 is 10.2 Å². The first-order chi connectivity index (χ1) is 20.6. The second-order valence-corrected chi connectivity index (χ2v) is 13.0. The van der Waals surface area contributed by atoms with Gasteiger partial charge in [0.25, 0.3) is 5.91 Å². The molecule has 45 heavy (non-hydrogen) atoms. The first kappa shape index (κ1) is 35.0. The molecule has 1 aromatic carbocycles. The van der Waals surface area contributed by atoms with E-state index in [9.17, 15) is 23.2 Å². The lowest BCUT2D eigenvalue weighted by molar-refractivity contribution is -0.131. The molecule has 3 saturated heterocycles. The maximum absolute atomic E-state index is 14.1. The molecule has 246 valence electrons. The van der Waals surface area contributed by atoms with Crippen molar-refractivity contribution in [1.82, 2.24) is 20.1 Å². The summed E-state index contributed by atoms with van der Waals surface area (Å²) < 4.78 is 27.4. The molecule has 1 aliphatic carbocycles. The Balaban J connectivity index is 0.00000230. The Labute approximate surface area is 276 Å². The molecule has 8 nitrogen and oxygen atoms in total. The lowest BCUT2D eigenvalue weighted by Gasteiger charge is -2.48. The van der Waals surface area contributed by atoms with Crippen LogP contribution in [0.25, 0.3) is 0 Å². The summed E-state index contributed by atoms with van der Waals surface area (Å²) in [7, 11) is 0. The summed E-state index contributed by atoms with van der Waals surface area (Å²) in [5, 5.41) is 3.20. The maximum atomic E-state index is 14.1. The van der Waals surface area contributed by atoms with Crippen molar-refractivity contribution in [3.05, 3.63) is 60.4 Å². The van der Waals surface area contributed by atoms with Crippen molar-refractivity contribution in [1.29, 1.82) is 0 Å². The minimum Gasteiger partial charge on any atom is -0.349 e. The molecule has 3 aliphatic heterocycles. The SMILES string of the molecule is CC(C)N1C(=O)N(c2ccncc2)C(=O)C12CC1CCC(C2)N1CC[C@H](NC(=O)C1CCC(F)(F)CC1)c1ccccc1.Cl.Cl. The summed E-state index contributed by atoms with van der Waals surface area (Å²) in [6.07, 6.45) is 6.84. The number of nitrogens with zero attached hydrogens (tertiary/aromatic N) is 4. The Morgan fingerprint density at radius 1 is 0.956 bits per heavy atom. The monoisotopic (exact) mass is 665 g/mol. The highest BCUT2D eigenvalue weighted by Gasteiger charge is 2.63. The largest absolute Gasteiger partial charge is 0.349 e. The number of imide groups is 1. The predicted octanol–water partition coefficient (Wildman–Crippen LogP) is 6.54. The van der Waals surface area contributed by atoms with Crippen LogP contribution in [0.2, 0.25) is 0 Å². The van der Waals surface area contributed by atoms with Gasteiger partial charge in [-0.3, -0.25) is 19.5 Å². The zero-order valence-corrected chi connectivity index (χ0v) is 27.4. The van der Waals surface area contributed by atoms with Crippen LogP contribution in [0.1, 0.15) is 83.2 Å². The van der Waals surface area contributed by atoms with Gasteiger partial charge in [0, 0.05) is 55.8 Å². The van der Waals surface area contributed by atoms with E-state index in [0.717, 1.165) is 24.9 Å². The molecule has 6 rings (SSSR count). The molecule has 1 saturated carbocycles. The second-order valence-electron chi connectivity index (χ2n) is 13.0. The number of fused-ring (bicyclic) bond motifs is 2. The van der Waals surface area contributed by atoms with Crippen LogP contribution in [0, 0.1) is 5.92 Å². The van der Waals surface area contributed by atoms with Crippen LogP contribution >= 0.6 is 24.8 Å². The smallest absolute Gasteiger partial charge is 0.332 e. The van der Waals surface area contributed by atoms with Crippen molar-refractivity contribution in [3.63, 3.8) is 0 Å². The molecular weight excluding hydrogens is 623 g/mol. The van der Waals surface area contributed by atoms with Gasteiger partial charge in [0.1, 0.15) is 5.54 Å². The number of benzene rings is 1. The number of hydrogen-bond donors (Lipinski definition) is 1. The third-order valence-corrected chi connectivity index (χ3v) is 10.1. The van der Waals surface area contributed by atoms with E-state index in [2.05, 4.69) is 15.2 Å². The molecule has 4 heterocycles. The molecule has 2 unspecified atom stereocenters. The van der Waals surface area contributed by atoms with Crippen molar-refractivity contribution in [2.75, 3.05) is 11.4 Å². The number of halogens is 4. The van der Waals surface area contributed by atoms with Crippen LogP contribution in [0.3, 0.4) is 0 Å². The van der Waals surface area contributed by atoms with Crippen LogP contribution in [0.15, 0.2) is 54.9 Å². The van der Waals surface area contributed by atoms with Crippen LogP contribution < -0.4 is 10.2 Å². The average Bonchev–Trinajstić information content (AvgIpc) is 3.35. The molecule has 1 spiro atoms. The number of urea groups is 1. The second kappa shape index (κ2) is 13.9. The third kappa shape index (κ3) is 6.69. The van der Waals surface area contributed by atoms with Crippen molar-refractivity contribution >= 4 is 48.3 Å². The van der Waals surface area contributed by atoms with Crippen molar-refractivity contribution in [3.8, 4) is 0 Å². The predicted molar refractivity (Wildman–Crippen MR) is 173 cm³/mol. The number of piperidine rings is 1. The summed E-state index contributed by atoms with van der Waals surface area (Å²) in [5.41, 5.74) is 0.659. The Hall–Kier alpha value is -2.82. The van der Waals surface area contributed by atoms with Crippen LogP contribution in [-0.2, 0) is 9.59 Å². The molecule has 2 aromatic rings.